The first kappa shape index (κ1) is 23.9. The van der Waals surface area contributed by atoms with Crippen molar-refractivity contribution in [2.75, 3.05) is 7.11 Å². The number of nitrogens with zero attached hydrogens (tertiary/aromatic N) is 2. The van der Waals surface area contributed by atoms with Crippen molar-refractivity contribution >= 4 is 18.0 Å². The number of hydrogen-bond acceptors (Lipinski definition) is 7. The van der Waals surface area contributed by atoms with Gasteiger partial charge in [-0.2, -0.15) is 0 Å². The summed E-state index contributed by atoms with van der Waals surface area (Å²) in [6.07, 6.45) is -0.491. The molecule has 162 valence electrons. The normalized spacial score (nSPS) is 13.2. The molecule has 0 aliphatic heterocycles. The number of H-pyrrole nitrogens is 1. The van der Waals surface area contributed by atoms with Crippen LogP contribution in [0.4, 0.5) is 4.79 Å². The van der Waals surface area contributed by atoms with Gasteiger partial charge in [-0.1, -0.05) is 0 Å². The van der Waals surface area contributed by atoms with E-state index in [2.05, 4.69) is 10.3 Å². The molecule has 1 aromatic rings. The van der Waals surface area contributed by atoms with Crippen LogP contribution in [-0.2, 0) is 25.6 Å². The van der Waals surface area contributed by atoms with Crippen molar-refractivity contribution in [3.8, 4) is 0 Å². The Labute approximate surface area is 168 Å². The van der Waals surface area contributed by atoms with E-state index in [1.54, 1.807) is 20.8 Å². The molecule has 0 radical (unpaired) electrons. The number of aromatic amines is 1. The SMILES string of the molecule is COC(=O)[C@H](C)N(C(=O)Cn1cc(C)c(=O)[nH]c1=O)C(C)NC(=O)OC(C)(C)C. The van der Waals surface area contributed by atoms with Crippen LogP contribution in [0.3, 0.4) is 0 Å². The number of nitrogens with one attached hydrogen (secondary N) is 2. The zero-order chi connectivity index (χ0) is 22.5. The van der Waals surface area contributed by atoms with Crippen molar-refractivity contribution in [1.29, 1.82) is 0 Å². The molecule has 0 aliphatic rings. The van der Waals surface area contributed by atoms with Crippen molar-refractivity contribution in [2.45, 2.75) is 65.9 Å². The van der Waals surface area contributed by atoms with Crippen LogP contribution in [0.25, 0.3) is 0 Å². The van der Waals surface area contributed by atoms with E-state index in [1.807, 2.05) is 0 Å². The zero-order valence-corrected chi connectivity index (χ0v) is 17.7. The molecule has 0 spiro atoms. The highest BCUT2D eigenvalue weighted by Crippen LogP contribution is 2.11. The summed E-state index contributed by atoms with van der Waals surface area (Å²) in [4.78, 5) is 63.6. The molecular formula is C18H28N4O7. The lowest BCUT2D eigenvalue weighted by Gasteiger charge is -2.34. The number of esters is 1. The van der Waals surface area contributed by atoms with Crippen molar-refractivity contribution in [1.82, 2.24) is 19.8 Å². The molecule has 11 heteroatoms. The number of carbonyl (C=O) groups excluding carboxylic acids is 3. The Balaban J connectivity index is 3.14. The number of aryl methyl sites for hydroxylation is 1. The number of alkyl carbamates (subject to hydrolysis) is 1. The van der Waals surface area contributed by atoms with Crippen LogP contribution in [0, 0.1) is 6.92 Å². The van der Waals surface area contributed by atoms with Crippen LogP contribution in [0.2, 0.25) is 0 Å². The second-order valence-corrected chi connectivity index (χ2v) is 7.52. The Morgan fingerprint density at radius 2 is 1.83 bits per heavy atom. The highest BCUT2D eigenvalue weighted by molar-refractivity contribution is 5.84. The van der Waals surface area contributed by atoms with E-state index in [9.17, 15) is 24.0 Å². The predicted molar refractivity (Wildman–Crippen MR) is 103 cm³/mol. The first-order valence-corrected chi connectivity index (χ1v) is 8.95. The molecule has 0 saturated heterocycles. The van der Waals surface area contributed by atoms with Crippen LogP contribution in [0.15, 0.2) is 15.8 Å². The van der Waals surface area contributed by atoms with Crippen LogP contribution in [-0.4, -0.2) is 57.3 Å². The summed E-state index contributed by atoms with van der Waals surface area (Å²) in [6, 6.07) is -1.06. The summed E-state index contributed by atoms with van der Waals surface area (Å²) in [5.41, 5.74) is -1.84. The summed E-state index contributed by atoms with van der Waals surface area (Å²) < 4.78 is 10.9. The molecule has 0 aromatic carbocycles. The Bertz CT molecular complexity index is 881. The Kier molecular flexibility index (Phi) is 7.75. The van der Waals surface area contributed by atoms with E-state index < -0.39 is 53.6 Å². The molecule has 1 heterocycles. The van der Waals surface area contributed by atoms with Gasteiger partial charge in [0.05, 0.1) is 7.11 Å². The lowest BCUT2D eigenvalue weighted by Crippen LogP contribution is -2.57. The Hall–Kier alpha value is -3.11. The summed E-state index contributed by atoms with van der Waals surface area (Å²) in [5.74, 6) is -1.36. The Morgan fingerprint density at radius 1 is 1.24 bits per heavy atom. The number of aromatic nitrogens is 2. The molecular weight excluding hydrogens is 384 g/mol. The van der Waals surface area contributed by atoms with E-state index >= 15 is 0 Å². The molecule has 0 bridgehead atoms. The number of ether oxygens (including phenoxy) is 2. The standard InChI is InChI=1S/C18H28N4O7/c1-10-8-21(16(26)20-14(10)24)9-13(23)22(11(2)15(25)28-7)12(3)19-17(27)29-18(4,5)6/h8,11-12H,9H2,1-7H3,(H,19,27)(H,20,24,26)/t11-,12?/m0/s1. The maximum Gasteiger partial charge on any atom is 0.409 e. The van der Waals surface area contributed by atoms with Gasteiger partial charge in [0.15, 0.2) is 0 Å². The average molecular weight is 412 g/mol. The third kappa shape index (κ3) is 6.77. The van der Waals surface area contributed by atoms with Gasteiger partial charge in [-0.05, 0) is 41.5 Å². The fourth-order valence-electron chi connectivity index (χ4n) is 2.56. The molecule has 2 atom stereocenters. The van der Waals surface area contributed by atoms with E-state index in [0.717, 1.165) is 9.47 Å². The third-order valence-electron chi connectivity index (χ3n) is 3.88. The molecule has 1 rings (SSSR count). The quantitative estimate of drug-likeness (QED) is 0.499. The van der Waals surface area contributed by atoms with Gasteiger partial charge in [0, 0.05) is 11.8 Å². The number of amides is 2. The molecule has 11 nitrogen and oxygen atoms in total. The van der Waals surface area contributed by atoms with Gasteiger partial charge in [0.1, 0.15) is 24.4 Å². The van der Waals surface area contributed by atoms with E-state index in [0.29, 0.717) is 0 Å². The fourth-order valence-corrected chi connectivity index (χ4v) is 2.56. The van der Waals surface area contributed by atoms with Crippen molar-refractivity contribution in [2.24, 2.45) is 0 Å². The predicted octanol–water partition coefficient (Wildman–Crippen LogP) is 0.106. The molecule has 1 unspecified atom stereocenters. The fraction of sp³-hybridized carbons (Fsp3) is 0.611. The number of hydrogen-bond donors (Lipinski definition) is 2. The maximum absolute atomic E-state index is 12.9. The number of methoxy groups -OCH3 is 1. The van der Waals surface area contributed by atoms with Crippen LogP contribution in [0.1, 0.15) is 40.2 Å². The summed E-state index contributed by atoms with van der Waals surface area (Å²) in [7, 11) is 1.17. The average Bonchev–Trinajstić information content (AvgIpc) is 2.57. The first-order chi connectivity index (χ1) is 13.3. The number of rotatable bonds is 6. The zero-order valence-electron chi connectivity index (χ0n) is 17.7. The van der Waals surface area contributed by atoms with Crippen LogP contribution in [0.5, 0.6) is 0 Å². The molecule has 29 heavy (non-hydrogen) atoms. The number of carbonyl (C=O) groups is 3. The second kappa shape index (κ2) is 9.39. The lowest BCUT2D eigenvalue weighted by atomic mass is 10.2. The summed E-state index contributed by atoms with van der Waals surface area (Å²) in [5, 5.41) is 2.49. The minimum absolute atomic E-state index is 0.241. The highest BCUT2D eigenvalue weighted by atomic mass is 16.6. The molecule has 2 N–H and O–H groups in total. The van der Waals surface area contributed by atoms with Crippen LogP contribution < -0.4 is 16.6 Å². The Morgan fingerprint density at radius 3 is 2.34 bits per heavy atom. The van der Waals surface area contributed by atoms with Crippen molar-refractivity contribution < 1.29 is 23.9 Å². The van der Waals surface area contributed by atoms with Gasteiger partial charge in [-0.3, -0.25) is 19.1 Å². The minimum Gasteiger partial charge on any atom is -0.467 e. The van der Waals surface area contributed by atoms with Gasteiger partial charge in [0.25, 0.3) is 5.56 Å². The van der Waals surface area contributed by atoms with E-state index in [1.165, 1.54) is 34.1 Å². The van der Waals surface area contributed by atoms with E-state index in [4.69, 9.17) is 9.47 Å². The monoisotopic (exact) mass is 412 g/mol. The van der Waals surface area contributed by atoms with Gasteiger partial charge in [0.2, 0.25) is 5.91 Å². The van der Waals surface area contributed by atoms with Gasteiger partial charge in [-0.15, -0.1) is 0 Å². The van der Waals surface area contributed by atoms with Gasteiger partial charge < -0.3 is 19.7 Å². The molecule has 0 fully saturated rings. The first-order valence-electron chi connectivity index (χ1n) is 8.95. The van der Waals surface area contributed by atoms with Crippen molar-refractivity contribution in [3.05, 3.63) is 32.6 Å². The van der Waals surface area contributed by atoms with Gasteiger partial charge in [-0.25, -0.2) is 14.4 Å². The summed E-state index contributed by atoms with van der Waals surface area (Å²) >= 11 is 0. The minimum atomic E-state index is -1.06. The molecule has 2 amide bonds. The molecule has 0 aliphatic carbocycles. The maximum atomic E-state index is 12.9. The highest BCUT2D eigenvalue weighted by Gasteiger charge is 2.32. The lowest BCUT2D eigenvalue weighted by molar-refractivity contribution is -0.154. The topological polar surface area (TPSA) is 140 Å². The second-order valence-electron chi connectivity index (χ2n) is 7.52. The summed E-state index contributed by atoms with van der Waals surface area (Å²) in [6.45, 7) is 8.99. The van der Waals surface area contributed by atoms with Crippen LogP contribution >= 0.6 is 0 Å². The molecule has 1 aromatic heterocycles. The third-order valence-corrected chi connectivity index (χ3v) is 3.88. The largest absolute Gasteiger partial charge is 0.467 e. The van der Waals surface area contributed by atoms with Crippen molar-refractivity contribution in [3.63, 3.8) is 0 Å². The van der Waals surface area contributed by atoms with E-state index in [-0.39, 0.29) is 5.56 Å². The smallest absolute Gasteiger partial charge is 0.409 e. The molecule has 0 saturated carbocycles. The van der Waals surface area contributed by atoms with Gasteiger partial charge >= 0.3 is 17.8 Å².